The highest BCUT2D eigenvalue weighted by Gasteiger charge is 2.44. The molecule has 7 nitrogen and oxygen atoms in total. The number of amides is 1. The first-order valence-corrected chi connectivity index (χ1v) is 11.2. The number of ether oxygens (including phenoxy) is 2. The van der Waals surface area contributed by atoms with Crippen LogP contribution < -0.4 is 10.1 Å². The predicted molar refractivity (Wildman–Crippen MR) is 123 cm³/mol. The van der Waals surface area contributed by atoms with Gasteiger partial charge < -0.3 is 14.8 Å². The Balaban J connectivity index is 1.28. The molecule has 1 saturated heterocycles. The molecule has 166 valence electrons. The Morgan fingerprint density at radius 3 is 2.76 bits per heavy atom. The minimum atomic E-state index is -0.0635. The summed E-state index contributed by atoms with van der Waals surface area (Å²) in [4.78, 5) is 21.1. The zero-order valence-electron chi connectivity index (χ0n) is 18.1. The van der Waals surface area contributed by atoms with Crippen molar-refractivity contribution in [1.29, 1.82) is 5.26 Å². The molecule has 1 aromatic carbocycles. The fraction of sp³-hybridized carbons (Fsp3) is 0.308. The molecule has 0 radical (unpaired) electrons. The number of pyridine rings is 2. The van der Waals surface area contributed by atoms with Crippen LogP contribution in [0.4, 0.5) is 5.82 Å². The molecule has 5 rings (SSSR count). The van der Waals surface area contributed by atoms with E-state index in [-0.39, 0.29) is 23.8 Å². The second kappa shape index (κ2) is 9.39. The number of rotatable bonds is 6. The second-order valence-corrected chi connectivity index (χ2v) is 8.41. The van der Waals surface area contributed by atoms with Crippen LogP contribution in [-0.2, 0) is 9.53 Å². The molecule has 1 saturated carbocycles. The first kappa shape index (κ1) is 21.1. The molecule has 1 aliphatic heterocycles. The Bertz CT molecular complexity index is 1190. The van der Waals surface area contributed by atoms with Crippen molar-refractivity contribution < 1.29 is 14.3 Å². The first-order valence-electron chi connectivity index (χ1n) is 11.2. The molecule has 3 heterocycles. The van der Waals surface area contributed by atoms with Crippen LogP contribution in [0.1, 0.15) is 36.3 Å². The van der Waals surface area contributed by atoms with E-state index >= 15 is 0 Å². The zero-order valence-corrected chi connectivity index (χ0v) is 18.1. The highest BCUT2D eigenvalue weighted by Crippen LogP contribution is 2.47. The number of hydrogen-bond donors (Lipinski definition) is 1. The third-order valence-electron chi connectivity index (χ3n) is 6.15. The van der Waals surface area contributed by atoms with Gasteiger partial charge in [-0.2, -0.15) is 5.26 Å². The van der Waals surface area contributed by atoms with Crippen LogP contribution in [0, 0.1) is 17.2 Å². The van der Waals surface area contributed by atoms with E-state index in [1.54, 1.807) is 12.4 Å². The van der Waals surface area contributed by atoms with Crippen molar-refractivity contribution in [3.05, 3.63) is 72.2 Å². The van der Waals surface area contributed by atoms with Crippen molar-refractivity contribution in [3.8, 4) is 22.9 Å². The molecule has 2 fully saturated rings. The summed E-state index contributed by atoms with van der Waals surface area (Å²) in [5, 5.41) is 12.6. The van der Waals surface area contributed by atoms with Crippen LogP contribution in [0.3, 0.4) is 0 Å². The number of anilines is 1. The number of aromatic nitrogens is 2. The number of benzene rings is 1. The second-order valence-electron chi connectivity index (χ2n) is 8.41. The Kier molecular flexibility index (Phi) is 6.01. The molecule has 2 aromatic heterocycles. The van der Waals surface area contributed by atoms with E-state index in [2.05, 4.69) is 21.4 Å². The Morgan fingerprint density at radius 2 is 1.97 bits per heavy atom. The lowest BCUT2D eigenvalue weighted by molar-refractivity contribution is -0.117. The monoisotopic (exact) mass is 440 g/mol. The van der Waals surface area contributed by atoms with E-state index in [4.69, 9.17) is 9.47 Å². The van der Waals surface area contributed by atoms with Gasteiger partial charge in [0.25, 0.3) is 0 Å². The molecule has 7 heteroatoms. The largest absolute Gasteiger partial charge is 0.489 e. The summed E-state index contributed by atoms with van der Waals surface area (Å²) in [7, 11) is 0. The summed E-state index contributed by atoms with van der Waals surface area (Å²) in [5.74, 6) is 1.20. The minimum absolute atomic E-state index is 0.0357. The Hall–Kier alpha value is -3.76. The molecule has 2 atom stereocenters. The Labute approximate surface area is 192 Å². The van der Waals surface area contributed by atoms with E-state index in [9.17, 15) is 10.1 Å². The maximum atomic E-state index is 12.7. The standard InChI is InChI=1S/C26H24N4O3/c27-15-20-12-17(3-4-24(20)33-21-6-10-32-11-7-21)18-5-9-29-25(13-18)30-26(31)23-14-22(23)19-2-1-8-28-16-19/h1-5,8-9,12-13,16,21-23H,6-7,10-11,14H2,(H,29,30,31). The molecule has 0 spiro atoms. The normalized spacial score (nSPS) is 20.0. The van der Waals surface area contributed by atoms with Gasteiger partial charge in [0.05, 0.1) is 18.8 Å². The van der Waals surface area contributed by atoms with E-state index in [1.165, 1.54) is 0 Å². The van der Waals surface area contributed by atoms with Crippen molar-refractivity contribution in [2.45, 2.75) is 31.3 Å². The maximum Gasteiger partial charge on any atom is 0.229 e. The molecule has 0 bridgehead atoms. The summed E-state index contributed by atoms with van der Waals surface area (Å²) in [6, 6.07) is 15.4. The topological polar surface area (TPSA) is 97.1 Å². The predicted octanol–water partition coefficient (Wildman–Crippen LogP) is 4.32. The molecule has 1 N–H and O–H groups in total. The molecule has 3 aromatic rings. The van der Waals surface area contributed by atoms with Gasteiger partial charge in [0, 0.05) is 37.4 Å². The van der Waals surface area contributed by atoms with Crippen molar-refractivity contribution in [2.24, 2.45) is 5.92 Å². The average Bonchev–Trinajstić information content (AvgIpc) is 3.67. The summed E-state index contributed by atoms with van der Waals surface area (Å²) >= 11 is 0. The van der Waals surface area contributed by atoms with E-state index in [0.29, 0.717) is 30.3 Å². The van der Waals surface area contributed by atoms with Crippen LogP contribution in [0.2, 0.25) is 0 Å². The van der Waals surface area contributed by atoms with Crippen LogP contribution >= 0.6 is 0 Å². The third-order valence-corrected chi connectivity index (χ3v) is 6.15. The Morgan fingerprint density at radius 1 is 1.12 bits per heavy atom. The highest BCUT2D eigenvalue weighted by atomic mass is 16.5. The summed E-state index contributed by atoms with van der Waals surface area (Å²) in [6.07, 6.45) is 7.74. The van der Waals surface area contributed by atoms with Gasteiger partial charge in [0.2, 0.25) is 5.91 Å². The van der Waals surface area contributed by atoms with Gasteiger partial charge in [0.1, 0.15) is 23.7 Å². The average molecular weight is 441 g/mol. The van der Waals surface area contributed by atoms with Crippen molar-refractivity contribution >= 4 is 11.7 Å². The fourth-order valence-electron chi connectivity index (χ4n) is 4.22. The smallest absolute Gasteiger partial charge is 0.229 e. The van der Waals surface area contributed by atoms with Crippen LogP contribution in [0.25, 0.3) is 11.1 Å². The van der Waals surface area contributed by atoms with Gasteiger partial charge in [-0.1, -0.05) is 12.1 Å². The quantitative estimate of drug-likeness (QED) is 0.613. The van der Waals surface area contributed by atoms with Crippen LogP contribution in [0.5, 0.6) is 5.75 Å². The molecular formula is C26H24N4O3. The van der Waals surface area contributed by atoms with E-state index in [1.807, 2.05) is 48.7 Å². The van der Waals surface area contributed by atoms with Crippen molar-refractivity contribution in [3.63, 3.8) is 0 Å². The van der Waals surface area contributed by atoms with Crippen molar-refractivity contribution in [1.82, 2.24) is 9.97 Å². The number of nitrogens with one attached hydrogen (secondary N) is 1. The number of nitrogens with zero attached hydrogens (tertiary/aromatic N) is 3. The summed E-state index contributed by atoms with van der Waals surface area (Å²) < 4.78 is 11.4. The fourth-order valence-corrected chi connectivity index (χ4v) is 4.22. The number of hydrogen-bond acceptors (Lipinski definition) is 6. The van der Waals surface area contributed by atoms with Gasteiger partial charge in [-0.05, 0) is 59.4 Å². The van der Waals surface area contributed by atoms with Gasteiger partial charge in [-0.3, -0.25) is 9.78 Å². The van der Waals surface area contributed by atoms with E-state index < -0.39 is 0 Å². The molecule has 1 aliphatic carbocycles. The molecule has 2 aliphatic rings. The summed E-state index contributed by atoms with van der Waals surface area (Å²) in [5.41, 5.74) is 3.31. The third kappa shape index (κ3) is 4.86. The lowest BCUT2D eigenvalue weighted by atomic mass is 10.0. The molecular weight excluding hydrogens is 416 g/mol. The lowest BCUT2D eigenvalue weighted by Crippen LogP contribution is -2.26. The van der Waals surface area contributed by atoms with Gasteiger partial charge in [0.15, 0.2) is 0 Å². The molecule has 1 amide bonds. The maximum absolute atomic E-state index is 12.7. The number of carbonyl (C=O) groups is 1. The molecule has 2 unspecified atom stereocenters. The number of carbonyl (C=O) groups excluding carboxylic acids is 1. The number of nitriles is 1. The van der Waals surface area contributed by atoms with Gasteiger partial charge in [-0.15, -0.1) is 0 Å². The van der Waals surface area contributed by atoms with Crippen LogP contribution in [-0.4, -0.2) is 35.2 Å². The highest BCUT2D eigenvalue weighted by molar-refractivity contribution is 5.95. The zero-order chi connectivity index (χ0) is 22.6. The summed E-state index contributed by atoms with van der Waals surface area (Å²) in [6.45, 7) is 1.36. The molecule has 33 heavy (non-hydrogen) atoms. The van der Waals surface area contributed by atoms with Gasteiger partial charge in [-0.25, -0.2) is 4.98 Å². The van der Waals surface area contributed by atoms with E-state index in [0.717, 1.165) is 36.0 Å². The first-order chi connectivity index (χ1) is 16.2. The minimum Gasteiger partial charge on any atom is -0.489 e. The van der Waals surface area contributed by atoms with Crippen LogP contribution in [0.15, 0.2) is 61.1 Å². The van der Waals surface area contributed by atoms with Crippen molar-refractivity contribution in [2.75, 3.05) is 18.5 Å². The van der Waals surface area contributed by atoms with Gasteiger partial charge >= 0.3 is 0 Å². The lowest BCUT2D eigenvalue weighted by Gasteiger charge is -2.23. The SMILES string of the molecule is N#Cc1cc(-c2ccnc(NC(=O)C3CC3c3cccnc3)c2)ccc1OC1CCOCC1.